The third kappa shape index (κ3) is 7.03. The lowest BCUT2D eigenvalue weighted by molar-refractivity contribution is -0.107. The average molecular weight is 503 g/mol. The first-order valence-electron chi connectivity index (χ1n) is 11.6. The van der Waals surface area contributed by atoms with Crippen molar-refractivity contribution >= 4 is 41.7 Å². The highest BCUT2D eigenvalue weighted by atomic mass is 16.3. The van der Waals surface area contributed by atoms with Crippen molar-refractivity contribution < 1.29 is 24.6 Å². The molecule has 9 heteroatoms. The van der Waals surface area contributed by atoms with Crippen molar-refractivity contribution in [2.24, 2.45) is 0 Å². The molecule has 0 aliphatic carbocycles. The molecule has 9 nitrogen and oxygen atoms in total. The molecule has 0 aliphatic rings. The molecule has 1 unspecified atom stereocenters. The highest BCUT2D eigenvalue weighted by molar-refractivity contribution is 6.05. The van der Waals surface area contributed by atoms with Gasteiger partial charge in [-0.3, -0.25) is 14.4 Å². The van der Waals surface area contributed by atoms with Gasteiger partial charge in [0.25, 0.3) is 5.91 Å². The van der Waals surface area contributed by atoms with Crippen LogP contribution in [0.1, 0.15) is 33.2 Å². The first-order chi connectivity index (χ1) is 17.9. The van der Waals surface area contributed by atoms with Gasteiger partial charge in [0.15, 0.2) is 0 Å². The number of aldehydes is 1. The van der Waals surface area contributed by atoms with Gasteiger partial charge in [0.2, 0.25) is 6.41 Å². The molecule has 0 saturated carbocycles. The first-order valence-corrected chi connectivity index (χ1v) is 11.6. The quantitative estimate of drug-likeness (QED) is 0.146. The van der Waals surface area contributed by atoms with Crippen LogP contribution in [0.5, 0.6) is 5.75 Å². The van der Waals surface area contributed by atoms with Crippen molar-refractivity contribution in [1.29, 1.82) is 0 Å². The number of carbonyl (C=O) groups is 3. The maximum atomic E-state index is 12.6. The van der Waals surface area contributed by atoms with Crippen LogP contribution >= 0.6 is 0 Å². The van der Waals surface area contributed by atoms with Gasteiger partial charge in [0, 0.05) is 49.7 Å². The smallest absolute Gasteiger partial charge is 0.255 e. The number of hydrogen-bond acceptors (Lipinski definition) is 7. The summed E-state index contributed by atoms with van der Waals surface area (Å²) < 4.78 is 0. The number of carbonyl (C=O) groups excluding carboxylic acids is 3. The molecule has 192 valence electrons. The van der Waals surface area contributed by atoms with Gasteiger partial charge in [-0.25, -0.2) is 0 Å². The van der Waals surface area contributed by atoms with Crippen molar-refractivity contribution in [1.82, 2.24) is 5.32 Å². The van der Waals surface area contributed by atoms with Crippen LogP contribution in [-0.4, -0.2) is 49.5 Å². The summed E-state index contributed by atoms with van der Waals surface area (Å²) in [7, 11) is 3.26. The Morgan fingerprint density at radius 1 is 1.08 bits per heavy atom. The molecular formula is C28H30N4O5. The van der Waals surface area contributed by atoms with Crippen LogP contribution in [0.2, 0.25) is 0 Å². The van der Waals surface area contributed by atoms with E-state index in [1.807, 2.05) is 12.1 Å². The highest BCUT2D eigenvalue weighted by Crippen LogP contribution is 2.33. The van der Waals surface area contributed by atoms with Crippen molar-refractivity contribution in [3.63, 3.8) is 0 Å². The van der Waals surface area contributed by atoms with Gasteiger partial charge >= 0.3 is 0 Å². The number of allylic oxidation sites excluding steroid dienone is 1. The number of phenolic OH excluding ortho intramolecular Hbond substituents is 1. The van der Waals surface area contributed by atoms with Crippen LogP contribution < -0.4 is 20.9 Å². The zero-order valence-electron chi connectivity index (χ0n) is 20.6. The molecule has 37 heavy (non-hydrogen) atoms. The molecule has 5 N–H and O–H groups in total. The molecule has 3 rings (SSSR count). The summed E-state index contributed by atoms with van der Waals surface area (Å²) in [5.74, 6) is -0.269. The molecule has 3 aromatic rings. The predicted molar refractivity (Wildman–Crippen MR) is 145 cm³/mol. The molecule has 0 aromatic heterocycles. The Bertz CT molecular complexity index is 1270. The zero-order valence-corrected chi connectivity index (χ0v) is 20.6. The minimum absolute atomic E-state index is 0.0187. The lowest BCUT2D eigenvalue weighted by atomic mass is 9.99. The number of aliphatic hydroxyl groups is 1. The molecule has 2 amide bonds. The topological polar surface area (TPSA) is 131 Å². The summed E-state index contributed by atoms with van der Waals surface area (Å²) in [4.78, 5) is 35.8. The summed E-state index contributed by atoms with van der Waals surface area (Å²) in [6.45, 7) is 0.710. The number of benzene rings is 3. The average Bonchev–Trinajstić information content (AvgIpc) is 2.92. The molecule has 0 radical (unpaired) electrons. The lowest BCUT2D eigenvalue weighted by Gasteiger charge is -2.18. The van der Waals surface area contributed by atoms with E-state index < -0.39 is 6.10 Å². The summed E-state index contributed by atoms with van der Waals surface area (Å²) in [6, 6.07) is 17.2. The number of anilines is 3. The fraction of sp³-hybridized carbons (Fsp3) is 0.179. The number of phenols is 1. The Hall–Kier alpha value is -4.47. The van der Waals surface area contributed by atoms with E-state index in [0.29, 0.717) is 53.0 Å². The molecule has 0 bridgehead atoms. The molecular weight excluding hydrogens is 472 g/mol. The van der Waals surface area contributed by atoms with E-state index in [0.717, 1.165) is 5.56 Å². The Labute approximate surface area is 215 Å². The summed E-state index contributed by atoms with van der Waals surface area (Å²) in [5, 5.41) is 29.8. The van der Waals surface area contributed by atoms with Gasteiger partial charge in [0.05, 0.1) is 11.8 Å². The molecule has 0 fully saturated rings. The Morgan fingerprint density at radius 2 is 1.84 bits per heavy atom. The number of aromatic hydroxyl groups is 1. The second-order valence-corrected chi connectivity index (χ2v) is 8.27. The molecule has 0 saturated heterocycles. The number of amides is 2. The van der Waals surface area contributed by atoms with Crippen LogP contribution in [0.25, 0.3) is 6.08 Å². The van der Waals surface area contributed by atoms with Crippen LogP contribution in [0.4, 0.5) is 17.1 Å². The van der Waals surface area contributed by atoms with E-state index in [4.69, 9.17) is 0 Å². The lowest BCUT2D eigenvalue weighted by Crippen LogP contribution is -2.22. The van der Waals surface area contributed by atoms with Gasteiger partial charge < -0.3 is 31.1 Å². The maximum Gasteiger partial charge on any atom is 0.255 e. The first kappa shape index (κ1) is 27.1. The summed E-state index contributed by atoms with van der Waals surface area (Å²) in [6.07, 6.45) is 3.28. The van der Waals surface area contributed by atoms with E-state index in [9.17, 15) is 24.6 Å². The Morgan fingerprint density at radius 3 is 2.51 bits per heavy atom. The number of nitrogens with one attached hydrogen (secondary N) is 3. The van der Waals surface area contributed by atoms with Crippen molar-refractivity contribution in [3.05, 3.63) is 89.0 Å². The normalized spacial score (nSPS) is 11.6. The fourth-order valence-electron chi connectivity index (χ4n) is 3.79. The van der Waals surface area contributed by atoms with Crippen LogP contribution in [-0.2, 0) is 16.1 Å². The van der Waals surface area contributed by atoms with Crippen LogP contribution in [0.15, 0.2) is 66.7 Å². The predicted octanol–water partition coefficient (Wildman–Crippen LogP) is 3.31. The second kappa shape index (κ2) is 13.0. The van der Waals surface area contributed by atoms with E-state index >= 15 is 0 Å². The minimum Gasteiger partial charge on any atom is -0.506 e. The molecule has 3 aromatic carbocycles. The summed E-state index contributed by atoms with van der Waals surface area (Å²) >= 11 is 0. The highest BCUT2D eigenvalue weighted by Gasteiger charge is 2.16. The Balaban J connectivity index is 1.59. The van der Waals surface area contributed by atoms with Crippen molar-refractivity contribution in [2.45, 2.75) is 12.6 Å². The number of nitrogens with zero attached hydrogens (tertiary/aromatic N) is 1. The number of rotatable bonds is 12. The van der Waals surface area contributed by atoms with Crippen molar-refractivity contribution in [3.8, 4) is 5.75 Å². The van der Waals surface area contributed by atoms with E-state index in [1.54, 1.807) is 62.6 Å². The van der Waals surface area contributed by atoms with Crippen LogP contribution in [0, 0.1) is 0 Å². The van der Waals surface area contributed by atoms with Crippen LogP contribution in [0.3, 0.4) is 0 Å². The number of hydrogen-bond donors (Lipinski definition) is 5. The third-order valence-electron chi connectivity index (χ3n) is 5.76. The maximum absolute atomic E-state index is 12.6. The van der Waals surface area contributed by atoms with Gasteiger partial charge in [-0.2, -0.15) is 0 Å². The number of aliphatic hydroxyl groups excluding tert-OH is 1. The molecule has 0 heterocycles. The van der Waals surface area contributed by atoms with E-state index in [2.05, 4.69) is 16.0 Å². The second-order valence-electron chi connectivity index (χ2n) is 8.27. The van der Waals surface area contributed by atoms with E-state index in [1.165, 1.54) is 17.0 Å². The Kier molecular flexibility index (Phi) is 9.54. The van der Waals surface area contributed by atoms with Gasteiger partial charge in [-0.15, -0.1) is 0 Å². The minimum atomic E-state index is -0.883. The SMILES string of the molecule is CNc1c(O)ccc(C(O)CNCc2ccc(NC(=O)c3cccc(N(C)C=O)c3)cc2)c1/C=C\C=O. The molecule has 1 atom stereocenters. The summed E-state index contributed by atoms with van der Waals surface area (Å²) in [5.41, 5.74) is 4.15. The van der Waals surface area contributed by atoms with Crippen molar-refractivity contribution in [2.75, 3.05) is 36.2 Å². The fourth-order valence-corrected chi connectivity index (χ4v) is 3.79. The van der Waals surface area contributed by atoms with Gasteiger partial charge in [-0.05, 0) is 59.7 Å². The molecule has 0 spiro atoms. The standard InChI is InChI=1S/C28H30N4O5/c1-29-27-24(7-4-14-33)23(12-13-25(27)35)26(36)17-30-16-19-8-10-21(11-9-19)31-28(37)20-5-3-6-22(15-20)32(2)18-34/h3-15,18,26,29-30,35-36H,16-17H2,1-2H3,(H,31,37)/b7-4-. The third-order valence-corrected chi connectivity index (χ3v) is 5.76. The van der Waals surface area contributed by atoms with E-state index in [-0.39, 0.29) is 18.2 Å². The molecule has 0 aliphatic heterocycles. The van der Waals surface area contributed by atoms with Gasteiger partial charge in [0.1, 0.15) is 12.0 Å². The zero-order chi connectivity index (χ0) is 26.8. The monoisotopic (exact) mass is 502 g/mol. The largest absolute Gasteiger partial charge is 0.506 e. The van der Waals surface area contributed by atoms with Gasteiger partial charge in [-0.1, -0.05) is 24.3 Å².